The largest absolute Gasteiger partial charge is 0.439 e. The Kier molecular flexibility index (Phi) is 13.1. The lowest BCUT2D eigenvalue weighted by Gasteiger charge is -2.30. The van der Waals surface area contributed by atoms with Gasteiger partial charge in [0.1, 0.15) is 6.10 Å². The SMILES string of the molecule is C=CCNC1=C2C[C@H](C)C[C@H](OC)[C@H](O)[C@@H](C)/C=C(/C)[C@@H](OC(N)=O)[C@H](OC)/C=C\C=C(\C)C(=O)NC(=CC1=O)C2=O. The van der Waals surface area contributed by atoms with Crippen LogP contribution >= 0.6 is 0 Å². The molecule has 2 aliphatic rings. The van der Waals surface area contributed by atoms with Crippen molar-refractivity contribution in [1.82, 2.24) is 10.6 Å². The van der Waals surface area contributed by atoms with Crippen molar-refractivity contribution in [2.75, 3.05) is 20.8 Å². The summed E-state index contributed by atoms with van der Waals surface area (Å²) >= 11 is 0. The first-order chi connectivity index (χ1) is 19.8. The minimum absolute atomic E-state index is 0.132. The molecule has 230 valence electrons. The molecule has 0 unspecified atom stereocenters. The highest BCUT2D eigenvalue weighted by atomic mass is 16.6. The lowest BCUT2D eigenvalue weighted by molar-refractivity contribution is -0.120. The van der Waals surface area contributed by atoms with Crippen LogP contribution in [0.1, 0.15) is 40.5 Å². The van der Waals surface area contributed by atoms with E-state index in [1.807, 2.05) is 6.92 Å². The summed E-state index contributed by atoms with van der Waals surface area (Å²) in [5.74, 6) is -2.14. The smallest absolute Gasteiger partial charge is 0.405 e. The van der Waals surface area contributed by atoms with Crippen LogP contribution in [0, 0.1) is 11.8 Å². The number of nitrogens with one attached hydrogen (secondary N) is 2. The molecule has 0 aromatic carbocycles. The molecule has 0 saturated carbocycles. The van der Waals surface area contributed by atoms with Crippen LogP contribution in [-0.4, -0.2) is 73.9 Å². The highest BCUT2D eigenvalue weighted by molar-refractivity contribution is 6.23. The van der Waals surface area contributed by atoms with Crippen LogP contribution in [0.5, 0.6) is 0 Å². The second-order valence-electron chi connectivity index (χ2n) is 10.6. The normalized spacial score (nSPS) is 31.6. The monoisotopic (exact) mass is 585 g/mol. The van der Waals surface area contributed by atoms with Gasteiger partial charge in [-0.25, -0.2) is 4.79 Å². The Morgan fingerprint density at radius 2 is 1.90 bits per heavy atom. The molecule has 5 N–H and O–H groups in total. The number of allylic oxidation sites excluding steroid dienone is 4. The molecule has 1 aliphatic heterocycles. The van der Waals surface area contributed by atoms with Crippen LogP contribution in [0.3, 0.4) is 0 Å². The highest BCUT2D eigenvalue weighted by Gasteiger charge is 2.33. The zero-order chi connectivity index (χ0) is 31.6. The van der Waals surface area contributed by atoms with E-state index in [4.69, 9.17) is 19.9 Å². The van der Waals surface area contributed by atoms with Crippen LogP contribution in [0.4, 0.5) is 4.79 Å². The molecule has 0 aromatic rings. The van der Waals surface area contributed by atoms with Crippen molar-refractivity contribution in [2.45, 2.75) is 65.0 Å². The number of ketones is 2. The van der Waals surface area contributed by atoms with E-state index in [0.29, 0.717) is 12.0 Å². The first kappa shape index (κ1) is 34.4. The van der Waals surface area contributed by atoms with E-state index in [-0.39, 0.29) is 41.4 Å². The van der Waals surface area contributed by atoms with Gasteiger partial charge >= 0.3 is 6.09 Å². The Balaban J connectivity index is 2.62. The van der Waals surface area contributed by atoms with Crippen molar-refractivity contribution in [3.63, 3.8) is 0 Å². The number of amides is 2. The molecule has 0 fully saturated rings. The number of carbonyl (C=O) groups is 4. The molecular formula is C31H43N3O8. The van der Waals surface area contributed by atoms with Crippen molar-refractivity contribution in [2.24, 2.45) is 17.6 Å². The predicted molar refractivity (Wildman–Crippen MR) is 158 cm³/mol. The molecule has 2 rings (SSSR count). The van der Waals surface area contributed by atoms with E-state index in [0.717, 1.165) is 6.08 Å². The number of aliphatic hydroxyl groups excluding tert-OH is 1. The highest BCUT2D eigenvalue weighted by Crippen LogP contribution is 2.28. The summed E-state index contributed by atoms with van der Waals surface area (Å²) in [6.07, 6.45) is 5.34. The minimum atomic E-state index is -1.00. The number of primary amides is 1. The summed E-state index contributed by atoms with van der Waals surface area (Å²) in [4.78, 5) is 51.3. The van der Waals surface area contributed by atoms with Crippen LogP contribution in [0.15, 0.2) is 71.1 Å². The molecule has 0 saturated heterocycles. The number of carbonyl (C=O) groups excluding carboxylic acids is 4. The quantitative estimate of drug-likeness (QED) is 0.271. The number of hydrogen-bond acceptors (Lipinski definition) is 9. The molecule has 11 heteroatoms. The number of methoxy groups -OCH3 is 2. The summed E-state index contributed by atoms with van der Waals surface area (Å²) in [5.41, 5.74) is 6.42. The van der Waals surface area contributed by atoms with Gasteiger partial charge in [-0.3, -0.25) is 14.4 Å². The summed E-state index contributed by atoms with van der Waals surface area (Å²) in [5, 5.41) is 16.7. The van der Waals surface area contributed by atoms with Gasteiger partial charge in [0.15, 0.2) is 6.10 Å². The Labute approximate surface area is 247 Å². The van der Waals surface area contributed by atoms with Crippen LogP contribution in [-0.2, 0) is 28.6 Å². The topological polar surface area (TPSA) is 166 Å². The molecule has 0 aromatic heterocycles. The zero-order valence-corrected chi connectivity index (χ0v) is 25.1. The molecule has 1 aliphatic carbocycles. The van der Waals surface area contributed by atoms with Gasteiger partial charge in [-0.05, 0) is 38.2 Å². The Morgan fingerprint density at radius 3 is 2.50 bits per heavy atom. The van der Waals surface area contributed by atoms with E-state index in [9.17, 15) is 24.3 Å². The van der Waals surface area contributed by atoms with E-state index in [2.05, 4.69) is 17.2 Å². The first-order valence-electron chi connectivity index (χ1n) is 13.8. The van der Waals surface area contributed by atoms with Gasteiger partial charge in [0.05, 0.1) is 23.6 Å². The number of nitrogens with two attached hydrogens (primary N) is 1. The summed E-state index contributed by atoms with van der Waals surface area (Å²) in [7, 11) is 2.92. The van der Waals surface area contributed by atoms with E-state index >= 15 is 0 Å². The molecule has 2 bridgehead atoms. The molecule has 6 atom stereocenters. The fourth-order valence-electron chi connectivity index (χ4n) is 4.95. The predicted octanol–water partition coefficient (Wildman–Crippen LogP) is 2.54. The maximum Gasteiger partial charge on any atom is 0.405 e. The molecular weight excluding hydrogens is 542 g/mol. The van der Waals surface area contributed by atoms with Gasteiger partial charge in [0.25, 0.3) is 5.91 Å². The molecule has 0 radical (unpaired) electrons. The van der Waals surface area contributed by atoms with Gasteiger partial charge in [-0.1, -0.05) is 44.2 Å². The van der Waals surface area contributed by atoms with Crippen molar-refractivity contribution in [3.8, 4) is 0 Å². The van der Waals surface area contributed by atoms with Crippen LogP contribution in [0.2, 0.25) is 0 Å². The summed E-state index contributed by atoms with van der Waals surface area (Å²) in [6.45, 7) is 10.9. The van der Waals surface area contributed by atoms with Crippen molar-refractivity contribution < 1.29 is 38.5 Å². The minimum Gasteiger partial charge on any atom is -0.439 e. The number of hydrogen-bond donors (Lipinski definition) is 4. The van der Waals surface area contributed by atoms with Gasteiger partial charge in [-0.15, -0.1) is 6.58 Å². The van der Waals surface area contributed by atoms with Crippen molar-refractivity contribution in [1.29, 1.82) is 0 Å². The van der Waals surface area contributed by atoms with E-state index < -0.39 is 53.9 Å². The lowest BCUT2D eigenvalue weighted by Crippen LogP contribution is -2.37. The second kappa shape index (κ2) is 16.0. The zero-order valence-electron chi connectivity index (χ0n) is 25.1. The number of Topliss-reactive ketones (excluding diaryl/α,β-unsaturated/α-hetero) is 1. The third-order valence-electron chi connectivity index (χ3n) is 7.22. The Morgan fingerprint density at radius 1 is 1.21 bits per heavy atom. The maximum absolute atomic E-state index is 13.5. The van der Waals surface area contributed by atoms with E-state index in [1.54, 1.807) is 45.1 Å². The van der Waals surface area contributed by atoms with E-state index in [1.165, 1.54) is 20.3 Å². The van der Waals surface area contributed by atoms with Gasteiger partial charge in [0.2, 0.25) is 11.6 Å². The average molecular weight is 586 g/mol. The third-order valence-corrected chi connectivity index (χ3v) is 7.22. The van der Waals surface area contributed by atoms with Crippen molar-refractivity contribution in [3.05, 3.63) is 71.1 Å². The standard InChI is InChI=1S/C31H43N3O8/c1-8-12-33-26-21-13-17(2)14-25(41-7)27(36)19(4)15-20(5)29(42-31(32)39)24(40-6)11-9-10-18(3)30(38)34-22(28(21)37)16-23(26)35/h8-11,15-17,19,24-25,27,29,33,36H,1,12-14H2,2-7H3,(H2,32,39)(H,34,38)/b11-9-,18-10-,20-15-/t17-,19-,24+,25-,27+,29+/m0/s1. The summed E-state index contributed by atoms with van der Waals surface area (Å²) in [6, 6.07) is 0. The Bertz CT molecular complexity index is 1210. The van der Waals surface area contributed by atoms with Crippen LogP contribution in [0.25, 0.3) is 0 Å². The molecule has 0 spiro atoms. The van der Waals surface area contributed by atoms with Gasteiger partial charge in [0, 0.05) is 43.9 Å². The maximum atomic E-state index is 13.5. The molecule has 1 heterocycles. The Hall–Kier alpha value is -3.80. The first-order valence-corrected chi connectivity index (χ1v) is 13.8. The molecule has 2 amide bonds. The third kappa shape index (κ3) is 9.10. The fraction of sp³-hybridized carbons (Fsp3) is 0.484. The number of rotatable bonds is 6. The van der Waals surface area contributed by atoms with Gasteiger partial charge < -0.3 is 35.7 Å². The number of ether oxygens (including phenoxy) is 3. The van der Waals surface area contributed by atoms with Crippen LogP contribution < -0.4 is 16.4 Å². The molecule has 11 nitrogen and oxygen atoms in total. The average Bonchev–Trinajstić information content (AvgIpc) is 2.94. The number of aliphatic hydroxyl groups is 1. The fourth-order valence-corrected chi connectivity index (χ4v) is 4.95. The van der Waals surface area contributed by atoms with Crippen molar-refractivity contribution >= 4 is 23.6 Å². The lowest BCUT2D eigenvalue weighted by atomic mass is 9.85. The second-order valence-corrected chi connectivity index (χ2v) is 10.6. The number of fused-ring (bicyclic) bond motifs is 2. The summed E-state index contributed by atoms with van der Waals surface area (Å²) < 4.78 is 16.6. The van der Waals surface area contributed by atoms with Gasteiger partial charge in [-0.2, -0.15) is 0 Å². The molecule has 42 heavy (non-hydrogen) atoms.